The number of fused-ring (bicyclic) bond motifs is 3. The van der Waals surface area contributed by atoms with Crippen molar-refractivity contribution in [1.82, 2.24) is 15.3 Å². The third-order valence-electron chi connectivity index (χ3n) is 3.72. The summed E-state index contributed by atoms with van der Waals surface area (Å²) >= 11 is 3.12. The normalized spacial score (nSPS) is 14.0. The number of aromatic amines is 1. The van der Waals surface area contributed by atoms with E-state index in [1.807, 2.05) is 6.92 Å². The fourth-order valence-electron chi connectivity index (χ4n) is 2.77. The van der Waals surface area contributed by atoms with Gasteiger partial charge in [0.1, 0.15) is 10.7 Å². The summed E-state index contributed by atoms with van der Waals surface area (Å²) in [5.41, 5.74) is 1.18. The first kappa shape index (κ1) is 15.6. The maximum atomic E-state index is 12.4. The van der Waals surface area contributed by atoms with Crippen LogP contribution in [0.5, 0.6) is 0 Å². The number of hydrogen-bond donors (Lipinski definition) is 2. The Morgan fingerprint density at radius 3 is 3.05 bits per heavy atom. The van der Waals surface area contributed by atoms with Gasteiger partial charge in [-0.25, -0.2) is 4.98 Å². The summed E-state index contributed by atoms with van der Waals surface area (Å²) in [6.07, 6.45) is 4.41. The standard InChI is InChI=1S/C15H19N3O2S2/c1-2-16-12(19)8-21-7-11-17-14(20)13-9-5-3-4-6-10(9)22-15(13)18-11/h2-8H2,1H3,(H,16,19)(H,17,18,20). The highest BCUT2D eigenvalue weighted by atomic mass is 32.2. The molecular weight excluding hydrogens is 318 g/mol. The van der Waals surface area contributed by atoms with Crippen molar-refractivity contribution in [3.05, 3.63) is 26.6 Å². The molecule has 118 valence electrons. The summed E-state index contributed by atoms with van der Waals surface area (Å²) in [5.74, 6) is 1.61. The number of H-pyrrole nitrogens is 1. The van der Waals surface area contributed by atoms with Gasteiger partial charge in [0.2, 0.25) is 5.91 Å². The maximum absolute atomic E-state index is 12.4. The van der Waals surface area contributed by atoms with Crippen molar-refractivity contribution in [3.63, 3.8) is 0 Å². The van der Waals surface area contributed by atoms with Crippen molar-refractivity contribution in [2.24, 2.45) is 0 Å². The van der Waals surface area contributed by atoms with Crippen LogP contribution in [0.15, 0.2) is 4.79 Å². The van der Waals surface area contributed by atoms with Crippen molar-refractivity contribution in [2.45, 2.75) is 38.4 Å². The topological polar surface area (TPSA) is 74.8 Å². The zero-order valence-corrected chi connectivity index (χ0v) is 14.2. The third-order valence-corrected chi connectivity index (χ3v) is 5.85. The van der Waals surface area contributed by atoms with Gasteiger partial charge in [0.25, 0.3) is 5.56 Å². The lowest BCUT2D eigenvalue weighted by atomic mass is 9.97. The van der Waals surface area contributed by atoms with Crippen molar-refractivity contribution < 1.29 is 4.79 Å². The first-order valence-corrected chi connectivity index (χ1v) is 9.54. The Morgan fingerprint density at radius 1 is 1.41 bits per heavy atom. The van der Waals surface area contributed by atoms with Gasteiger partial charge in [-0.1, -0.05) is 0 Å². The number of hydrogen-bond acceptors (Lipinski definition) is 5. The summed E-state index contributed by atoms with van der Waals surface area (Å²) in [4.78, 5) is 33.4. The zero-order chi connectivity index (χ0) is 15.5. The molecule has 1 aliphatic carbocycles. The smallest absolute Gasteiger partial charge is 0.259 e. The SMILES string of the molecule is CCNC(=O)CSCc1nc2sc3c(c2c(=O)[nH]1)CCCC3. The number of nitrogens with one attached hydrogen (secondary N) is 2. The zero-order valence-electron chi connectivity index (χ0n) is 12.5. The fraction of sp³-hybridized carbons (Fsp3) is 0.533. The summed E-state index contributed by atoms with van der Waals surface area (Å²) in [7, 11) is 0. The molecule has 3 rings (SSSR count). The van der Waals surface area contributed by atoms with E-state index in [0.717, 1.165) is 29.5 Å². The Morgan fingerprint density at radius 2 is 2.23 bits per heavy atom. The van der Waals surface area contributed by atoms with E-state index in [4.69, 9.17) is 0 Å². The predicted octanol–water partition coefficient (Wildman–Crippen LogP) is 2.23. The average Bonchev–Trinajstić information content (AvgIpc) is 2.86. The lowest BCUT2D eigenvalue weighted by Gasteiger charge is -2.09. The van der Waals surface area contributed by atoms with E-state index in [2.05, 4.69) is 15.3 Å². The number of amides is 1. The summed E-state index contributed by atoms with van der Waals surface area (Å²) < 4.78 is 0. The minimum atomic E-state index is -0.0296. The van der Waals surface area contributed by atoms with Crippen molar-refractivity contribution in [2.75, 3.05) is 12.3 Å². The lowest BCUT2D eigenvalue weighted by Crippen LogP contribution is -2.24. The van der Waals surface area contributed by atoms with Crippen LogP contribution in [0, 0.1) is 0 Å². The molecular formula is C15H19N3O2S2. The number of carbonyl (C=O) groups is 1. The minimum absolute atomic E-state index is 0.0162. The lowest BCUT2D eigenvalue weighted by molar-refractivity contribution is -0.118. The second-order valence-electron chi connectivity index (χ2n) is 5.35. The highest BCUT2D eigenvalue weighted by Gasteiger charge is 2.19. The summed E-state index contributed by atoms with van der Waals surface area (Å²) in [6, 6.07) is 0. The molecule has 2 heterocycles. The van der Waals surface area contributed by atoms with Crippen LogP contribution in [0.25, 0.3) is 10.2 Å². The molecule has 22 heavy (non-hydrogen) atoms. The Hall–Kier alpha value is -1.34. The van der Waals surface area contributed by atoms with Gasteiger partial charge in [-0.05, 0) is 38.2 Å². The highest BCUT2D eigenvalue weighted by Crippen LogP contribution is 2.33. The van der Waals surface area contributed by atoms with Crippen LogP contribution < -0.4 is 10.9 Å². The van der Waals surface area contributed by atoms with Gasteiger partial charge in [-0.15, -0.1) is 23.1 Å². The molecule has 0 bridgehead atoms. The molecule has 0 atom stereocenters. The molecule has 0 aromatic carbocycles. The molecule has 2 aromatic heterocycles. The minimum Gasteiger partial charge on any atom is -0.356 e. The van der Waals surface area contributed by atoms with Crippen molar-refractivity contribution in [1.29, 1.82) is 0 Å². The molecule has 7 heteroatoms. The van der Waals surface area contributed by atoms with E-state index in [-0.39, 0.29) is 11.5 Å². The van der Waals surface area contributed by atoms with E-state index in [0.29, 0.717) is 23.9 Å². The largest absolute Gasteiger partial charge is 0.356 e. The van der Waals surface area contributed by atoms with E-state index in [1.54, 1.807) is 11.3 Å². The monoisotopic (exact) mass is 337 g/mol. The molecule has 1 aliphatic rings. The predicted molar refractivity (Wildman–Crippen MR) is 91.7 cm³/mol. The van der Waals surface area contributed by atoms with Crippen molar-refractivity contribution in [3.8, 4) is 0 Å². The molecule has 2 aromatic rings. The molecule has 5 nitrogen and oxygen atoms in total. The van der Waals surface area contributed by atoms with Gasteiger partial charge in [0, 0.05) is 11.4 Å². The molecule has 0 saturated carbocycles. The van der Waals surface area contributed by atoms with E-state index in [9.17, 15) is 9.59 Å². The number of carbonyl (C=O) groups excluding carboxylic acids is 1. The number of thiophene rings is 1. The van der Waals surface area contributed by atoms with E-state index >= 15 is 0 Å². The molecule has 0 spiro atoms. The van der Waals surface area contributed by atoms with Gasteiger partial charge in [-0.2, -0.15) is 0 Å². The Bertz CT molecular complexity index is 751. The van der Waals surface area contributed by atoms with Crippen LogP contribution in [0.2, 0.25) is 0 Å². The molecule has 1 amide bonds. The first-order chi connectivity index (χ1) is 10.7. The van der Waals surface area contributed by atoms with Crippen molar-refractivity contribution >= 4 is 39.2 Å². The second-order valence-corrected chi connectivity index (χ2v) is 7.42. The molecule has 0 fully saturated rings. The van der Waals surface area contributed by atoms with Crippen LogP contribution in [0.1, 0.15) is 36.0 Å². The van der Waals surface area contributed by atoms with Crippen LogP contribution in [0.4, 0.5) is 0 Å². The molecule has 2 N–H and O–H groups in total. The molecule has 0 radical (unpaired) electrons. The number of aromatic nitrogens is 2. The quantitative estimate of drug-likeness (QED) is 0.877. The van der Waals surface area contributed by atoms with Gasteiger partial charge >= 0.3 is 0 Å². The number of rotatable bonds is 5. The van der Waals surface area contributed by atoms with Crippen LogP contribution >= 0.6 is 23.1 Å². The van der Waals surface area contributed by atoms with Gasteiger partial charge in [0.05, 0.1) is 16.9 Å². The van der Waals surface area contributed by atoms with Gasteiger partial charge < -0.3 is 10.3 Å². The maximum Gasteiger partial charge on any atom is 0.259 e. The molecule has 0 aliphatic heterocycles. The van der Waals surface area contributed by atoms with Crippen LogP contribution in [-0.2, 0) is 23.4 Å². The van der Waals surface area contributed by atoms with E-state index < -0.39 is 0 Å². The Kier molecular flexibility index (Phi) is 4.83. The van der Waals surface area contributed by atoms with Gasteiger partial charge in [0.15, 0.2) is 0 Å². The fourth-order valence-corrected chi connectivity index (χ4v) is 4.77. The number of aryl methyl sites for hydroxylation is 2. The summed E-state index contributed by atoms with van der Waals surface area (Å²) in [5, 5.41) is 3.54. The Balaban J connectivity index is 1.78. The summed E-state index contributed by atoms with van der Waals surface area (Å²) in [6.45, 7) is 2.54. The average molecular weight is 337 g/mol. The van der Waals surface area contributed by atoms with Gasteiger partial charge in [-0.3, -0.25) is 9.59 Å². The Labute approximate surface area is 136 Å². The molecule has 0 saturated heterocycles. The van der Waals surface area contributed by atoms with Crippen LogP contribution in [-0.4, -0.2) is 28.2 Å². The number of nitrogens with zero attached hydrogens (tertiary/aromatic N) is 1. The van der Waals surface area contributed by atoms with E-state index in [1.165, 1.54) is 28.6 Å². The molecule has 0 unspecified atom stereocenters. The first-order valence-electron chi connectivity index (χ1n) is 7.57. The number of thioether (sulfide) groups is 1. The third kappa shape index (κ3) is 3.20. The van der Waals surface area contributed by atoms with Crippen LogP contribution in [0.3, 0.4) is 0 Å². The highest BCUT2D eigenvalue weighted by molar-refractivity contribution is 7.99. The second kappa shape index (κ2) is 6.83.